The number of ether oxygens (including phenoxy) is 2. The lowest BCUT2D eigenvalue weighted by Gasteiger charge is -2.16. The SMILES string of the molecule is COc1ccc([N+](=O)[O-])cc1NC(=O)C(C)OC(=O)c1ccc(CN2CCCC2=O)cc1. The topological polar surface area (TPSA) is 128 Å². The van der Waals surface area contributed by atoms with Crippen molar-refractivity contribution in [2.24, 2.45) is 0 Å². The number of nitro groups is 1. The summed E-state index contributed by atoms with van der Waals surface area (Å²) in [7, 11) is 1.36. The quantitative estimate of drug-likeness (QED) is 0.379. The van der Waals surface area contributed by atoms with E-state index in [-0.39, 0.29) is 28.6 Å². The molecule has 0 saturated carbocycles. The van der Waals surface area contributed by atoms with Crippen LogP contribution in [-0.2, 0) is 20.9 Å². The van der Waals surface area contributed by atoms with Crippen molar-refractivity contribution in [3.05, 3.63) is 63.7 Å². The van der Waals surface area contributed by atoms with E-state index >= 15 is 0 Å². The molecule has 1 aliphatic heterocycles. The van der Waals surface area contributed by atoms with Crippen LogP contribution in [0.25, 0.3) is 0 Å². The van der Waals surface area contributed by atoms with Crippen LogP contribution in [0, 0.1) is 10.1 Å². The molecule has 3 rings (SSSR count). The van der Waals surface area contributed by atoms with Gasteiger partial charge in [-0.1, -0.05) is 12.1 Å². The first-order chi connectivity index (χ1) is 15.3. The number of nitro benzene ring substituents is 1. The van der Waals surface area contributed by atoms with Crippen LogP contribution in [0.4, 0.5) is 11.4 Å². The summed E-state index contributed by atoms with van der Waals surface area (Å²) >= 11 is 0. The Morgan fingerprint density at radius 3 is 2.53 bits per heavy atom. The Morgan fingerprint density at radius 2 is 1.94 bits per heavy atom. The van der Waals surface area contributed by atoms with Crippen molar-refractivity contribution in [3.63, 3.8) is 0 Å². The highest BCUT2D eigenvalue weighted by molar-refractivity contribution is 5.98. The molecule has 0 radical (unpaired) electrons. The Morgan fingerprint density at radius 1 is 1.22 bits per heavy atom. The Kier molecular flexibility index (Phi) is 7.04. The number of benzene rings is 2. The summed E-state index contributed by atoms with van der Waals surface area (Å²) in [4.78, 5) is 48.7. The van der Waals surface area contributed by atoms with E-state index in [4.69, 9.17) is 9.47 Å². The van der Waals surface area contributed by atoms with Gasteiger partial charge in [-0.05, 0) is 37.1 Å². The Balaban J connectivity index is 1.60. The van der Waals surface area contributed by atoms with Gasteiger partial charge >= 0.3 is 5.97 Å². The van der Waals surface area contributed by atoms with Crippen LogP contribution >= 0.6 is 0 Å². The zero-order chi connectivity index (χ0) is 23.3. The fraction of sp³-hybridized carbons (Fsp3) is 0.318. The van der Waals surface area contributed by atoms with Crippen molar-refractivity contribution in [1.82, 2.24) is 4.90 Å². The summed E-state index contributed by atoms with van der Waals surface area (Å²) in [5.74, 6) is -1.01. The molecule has 2 amide bonds. The minimum absolute atomic E-state index is 0.0930. The first-order valence-electron chi connectivity index (χ1n) is 9.99. The van der Waals surface area contributed by atoms with Crippen LogP contribution in [0.2, 0.25) is 0 Å². The van der Waals surface area contributed by atoms with Crippen LogP contribution in [0.5, 0.6) is 5.75 Å². The number of hydrogen-bond donors (Lipinski definition) is 1. The Bertz CT molecular complexity index is 1040. The molecule has 10 heteroatoms. The fourth-order valence-electron chi connectivity index (χ4n) is 3.26. The Hall–Kier alpha value is -3.95. The molecule has 1 fully saturated rings. The van der Waals surface area contributed by atoms with Crippen LogP contribution < -0.4 is 10.1 Å². The van der Waals surface area contributed by atoms with Crippen molar-refractivity contribution >= 4 is 29.2 Å². The van der Waals surface area contributed by atoms with E-state index in [1.807, 2.05) is 0 Å². The van der Waals surface area contributed by atoms with Gasteiger partial charge in [0, 0.05) is 31.6 Å². The molecule has 0 aliphatic carbocycles. The summed E-state index contributed by atoms with van der Waals surface area (Å²) in [5.41, 5.74) is 1.02. The van der Waals surface area contributed by atoms with E-state index < -0.39 is 22.9 Å². The maximum absolute atomic E-state index is 12.5. The summed E-state index contributed by atoms with van der Waals surface area (Å²) < 4.78 is 10.3. The number of anilines is 1. The summed E-state index contributed by atoms with van der Waals surface area (Å²) in [6.07, 6.45) is 0.256. The highest BCUT2D eigenvalue weighted by Crippen LogP contribution is 2.29. The van der Waals surface area contributed by atoms with E-state index in [0.717, 1.165) is 24.6 Å². The van der Waals surface area contributed by atoms with Gasteiger partial charge in [-0.15, -0.1) is 0 Å². The number of carbonyl (C=O) groups excluding carboxylic acids is 3. The second kappa shape index (κ2) is 9.90. The lowest BCUT2D eigenvalue weighted by molar-refractivity contribution is -0.384. The molecule has 2 aromatic carbocycles. The number of amides is 2. The van der Waals surface area contributed by atoms with Gasteiger partial charge in [0.15, 0.2) is 6.10 Å². The third-order valence-corrected chi connectivity index (χ3v) is 5.04. The molecule has 32 heavy (non-hydrogen) atoms. The molecule has 1 heterocycles. The number of nitrogens with zero attached hydrogens (tertiary/aromatic N) is 2. The number of methoxy groups -OCH3 is 1. The van der Waals surface area contributed by atoms with Crippen molar-refractivity contribution in [2.45, 2.75) is 32.4 Å². The zero-order valence-corrected chi connectivity index (χ0v) is 17.7. The van der Waals surface area contributed by atoms with Crippen LogP contribution in [-0.4, -0.2) is 47.4 Å². The maximum Gasteiger partial charge on any atom is 0.338 e. The van der Waals surface area contributed by atoms with Gasteiger partial charge in [0.25, 0.3) is 11.6 Å². The second-order valence-electron chi connectivity index (χ2n) is 7.29. The average Bonchev–Trinajstić information content (AvgIpc) is 3.18. The van der Waals surface area contributed by atoms with Crippen LogP contribution in [0.3, 0.4) is 0 Å². The van der Waals surface area contributed by atoms with Gasteiger partial charge in [0.05, 0.1) is 23.3 Å². The predicted octanol–water partition coefficient (Wildman–Crippen LogP) is 2.91. The molecule has 1 saturated heterocycles. The smallest absolute Gasteiger partial charge is 0.338 e. The minimum atomic E-state index is -1.16. The highest BCUT2D eigenvalue weighted by atomic mass is 16.6. The van der Waals surface area contributed by atoms with E-state index in [9.17, 15) is 24.5 Å². The highest BCUT2D eigenvalue weighted by Gasteiger charge is 2.22. The number of hydrogen-bond acceptors (Lipinski definition) is 7. The molecule has 1 aliphatic rings. The third-order valence-electron chi connectivity index (χ3n) is 5.04. The number of esters is 1. The number of non-ortho nitro benzene ring substituents is 1. The second-order valence-corrected chi connectivity index (χ2v) is 7.29. The van der Waals surface area contributed by atoms with Gasteiger partial charge < -0.3 is 19.7 Å². The first kappa shape index (κ1) is 22.7. The predicted molar refractivity (Wildman–Crippen MR) is 114 cm³/mol. The normalized spacial score (nSPS) is 14.1. The van der Waals surface area contributed by atoms with Gasteiger partial charge in [0.1, 0.15) is 5.75 Å². The number of likely N-dealkylation sites (tertiary alicyclic amines) is 1. The molecular weight excluding hydrogens is 418 g/mol. The van der Waals surface area contributed by atoms with Crippen molar-refractivity contribution in [3.8, 4) is 5.75 Å². The summed E-state index contributed by atoms with van der Waals surface area (Å²) in [5, 5.41) is 13.5. The molecule has 1 atom stereocenters. The molecule has 0 spiro atoms. The van der Waals surface area contributed by atoms with Crippen molar-refractivity contribution in [1.29, 1.82) is 0 Å². The van der Waals surface area contributed by atoms with Crippen molar-refractivity contribution in [2.75, 3.05) is 19.0 Å². The lowest BCUT2D eigenvalue weighted by Crippen LogP contribution is -2.30. The molecule has 0 aromatic heterocycles. The molecule has 2 aromatic rings. The third kappa shape index (κ3) is 5.39. The number of nitrogens with one attached hydrogen (secondary N) is 1. The molecular formula is C22H23N3O7. The summed E-state index contributed by atoms with van der Waals surface area (Å²) in [6, 6.07) is 10.4. The van der Waals surface area contributed by atoms with Crippen LogP contribution in [0.15, 0.2) is 42.5 Å². The standard InChI is InChI=1S/C22H23N3O7/c1-14(21(27)23-18-12-17(25(29)30)9-10-19(18)31-2)32-22(28)16-7-5-15(6-8-16)13-24-11-3-4-20(24)26/h5-10,12,14H,3-4,11,13H2,1-2H3,(H,23,27). The maximum atomic E-state index is 12.5. The molecule has 1 unspecified atom stereocenters. The number of carbonyl (C=O) groups is 3. The van der Waals surface area contributed by atoms with E-state index in [0.29, 0.717) is 13.0 Å². The minimum Gasteiger partial charge on any atom is -0.495 e. The summed E-state index contributed by atoms with van der Waals surface area (Å²) in [6.45, 7) is 2.60. The van der Waals surface area contributed by atoms with Crippen molar-refractivity contribution < 1.29 is 28.8 Å². The first-order valence-corrected chi connectivity index (χ1v) is 9.99. The van der Waals surface area contributed by atoms with E-state index in [2.05, 4.69) is 5.32 Å². The van der Waals surface area contributed by atoms with E-state index in [1.54, 1.807) is 29.2 Å². The monoisotopic (exact) mass is 441 g/mol. The average molecular weight is 441 g/mol. The molecule has 1 N–H and O–H groups in total. The Labute approximate surface area is 184 Å². The van der Waals surface area contributed by atoms with Gasteiger partial charge in [-0.2, -0.15) is 0 Å². The van der Waals surface area contributed by atoms with Crippen LogP contribution in [0.1, 0.15) is 35.7 Å². The lowest BCUT2D eigenvalue weighted by atomic mass is 10.1. The molecule has 168 valence electrons. The number of rotatable bonds is 8. The largest absolute Gasteiger partial charge is 0.495 e. The molecule has 0 bridgehead atoms. The zero-order valence-electron chi connectivity index (χ0n) is 17.7. The van der Waals surface area contributed by atoms with Gasteiger partial charge in [-0.25, -0.2) is 4.79 Å². The molecule has 10 nitrogen and oxygen atoms in total. The fourth-order valence-corrected chi connectivity index (χ4v) is 3.26. The van der Waals surface area contributed by atoms with E-state index in [1.165, 1.54) is 26.2 Å². The van der Waals surface area contributed by atoms with Gasteiger partial charge in [-0.3, -0.25) is 19.7 Å². The van der Waals surface area contributed by atoms with Gasteiger partial charge in [0.2, 0.25) is 5.91 Å².